The van der Waals surface area contributed by atoms with E-state index in [0.29, 0.717) is 23.7 Å². The average molecular weight is 541 g/mol. The van der Waals surface area contributed by atoms with E-state index < -0.39 is 6.04 Å². The lowest BCUT2D eigenvalue weighted by atomic mass is 10.0. The SMILES string of the molecule is CNC(=O)[C@@H](Cc1ccccc1)N(Cc1cccc(Br)c1)C(=O)COc1cc(OC)cc(OC)c1. The summed E-state index contributed by atoms with van der Waals surface area (Å²) in [6.45, 7) is -0.0133. The summed E-state index contributed by atoms with van der Waals surface area (Å²) in [6, 6.07) is 21.6. The standard InChI is InChI=1S/C27H29BrN2O5/c1-29-27(32)25(13-19-8-5-4-6-9-19)30(17-20-10-7-11-21(28)12-20)26(31)18-35-24-15-22(33-2)14-23(16-24)34-3/h4-12,14-16,25H,13,17-18H2,1-3H3,(H,29,32)/t25-/m1/s1. The van der Waals surface area contributed by atoms with Crippen LogP contribution in [0.15, 0.2) is 77.3 Å². The van der Waals surface area contributed by atoms with E-state index in [-0.39, 0.29) is 25.0 Å². The fourth-order valence-corrected chi connectivity index (χ4v) is 4.09. The Hall–Kier alpha value is -3.52. The molecule has 0 heterocycles. The molecule has 3 aromatic rings. The van der Waals surface area contributed by atoms with Crippen molar-refractivity contribution in [3.63, 3.8) is 0 Å². The minimum absolute atomic E-state index is 0.244. The molecule has 3 rings (SSSR count). The van der Waals surface area contributed by atoms with Gasteiger partial charge in [-0.05, 0) is 23.3 Å². The Kier molecular flexibility index (Phi) is 9.55. The highest BCUT2D eigenvalue weighted by Gasteiger charge is 2.30. The van der Waals surface area contributed by atoms with Crippen LogP contribution in [0.3, 0.4) is 0 Å². The maximum Gasteiger partial charge on any atom is 0.261 e. The Morgan fingerprint density at radius 2 is 1.51 bits per heavy atom. The lowest BCUT2D eigenvalue weighted by molar-refractivity contribution is -0.142. The topological polar surface area (TPSA) is 77.1 Å². The van der Waals surface area contributed by atoms with Gasteiger partial charge in [0.1, 0.15) is 23.3 Å². The van der Waals surface area contributed by atoms with Crippen LogP contribution in [0, 0.1) is 0 Å². The molecule has 0 bridgehead atoms. The van der Waals surface area contributed by atoms with E-state index in [9.17, 15) is 9.59 Å². The molecule has 0 saturated heterocycles. The fourth-order valence-electron chi connectivity index (χ4n) is 3.65. The molecule has 0 spiro atoms. The van der Waals surface area contributed by atoms with Gasteiger partial charge in [0, 0.05) is 42.7 Å². The van der Waals surface area contributed by atoms with Gasteiger partial charge in [-0.2, -0.15) is 0 Å². The van der Waals surface area contributed by atoms with Gasteiger partial charge >= 0.3 is 0 Å². The summed E-state index contributed by atoms with van der Waals surface area (Å²) in [5.74, 6) is 0.947. The lowest BCUT2D eigenvalue weighted by Gasteiger charge is -2.31. The number of nitrogens with zero attached hydrogens (tertiary/aromatic N) is 1. The average Bonchev–Trinajstić information content (AvgIpc) is 2.89. The molecule has 2 amide bonds. The fraction of sp³-hybridized carbons (Fsp3) is 0.259. The van der Waals surface area contributed by atoms with Gasteiger partial charge in [0.2, 0.25) is 5.91 Å². The van der Waals surface area contributed by atoms with E-state index >= 15 is 0 Å². The van der Waals surface area contributed by atoms with E-state index in [2.05, 4.69) is 21.2 Å². The van der Waals surface area contributed by atoms with Gasteiger partial charge in [0.25, 0.3) is 5.91 Å². The van der Waals surface area contributed by atoms with Crippen LogP contribution in [0.1, 0.15) is 11.1 Å². The highest BCUT2D eigenvalue weighted by Crippen LogP contribution is 2.27. The molecule has 184 valence electrons. The maximum atomic E-state index is 13.5. The second-order valence-corrected chi connectivity index (χ2v) is 8.72. The summed E-state index contributed by atoms with van der Waals surface area (Å²) >= 11 is 3.48. The second kappa shape index (κ2) is 12.8. The number of hydrogen-bond donors (Lipinski definition) is 1. The number of hydrogen-bond acceptors (Lipinski definition) is 5. The molecule has 0 fully saturated rings. The first-order valence-corrected chi connectivity index (χ1v) is 11.9. The van der Waals surface area contributed by atoms with Crippen LogP contribution in [0.5, 0.6) is 17.2 Å². The normalized spacial score (nSPS) is 11.3. The highest BCUT2D eigenvalue weighted by molar-refractivity contribution is 9.10. The molecular formula is C27H29BrN2O5. The maximum absolute atomic E-state index is 13.5. The third-order valence-electron chi connectivity index (χ3n) is 5.45. The highest BCUT2D eigenvalue weighted by atomic mass is 79.9. The molecule has 0 unspecified atom stereocenters. The number of likely N-dealkylation sites (N-methyl/N-ethyl adjacent to an activating group) is 1. The van der Waals surface area contributed by atoms with Crippen molar-refractivity contribution in [2.75, 3.05) is 27.9 Å². The first kappa shape index (κ1) is 26.1. The third-order valence-corrected chi connectivity index (χ3v) is 5.94. The number of rotatable bonds is 11. The van der Waals surface area contributed by atoms with Crippen LogP contribution in [0.4, 0.5) is 0 Å². The molecule has 8 heteroatoms. The van der Waals surface area contributed by atoms with Crippen LogP contribution < -0.4 is 19.5 Å². The Bertz CT molecular complexity index is 1120. The second-order valence-electron chi connectivity index (χ2n) is 7.81. The monoisotopic (exact) mass is 540 g/mol. The molecular weight excluding hydrogens is 512 g/mol. The minimum Gasteiger partial charge on any atom is -0.496 e. The Morgan fingerprint density at radius 3 is 2.11 bits per heavy atom. The minimum atomic E-state index is -0.725. The zero-order valence-corrected chi connectivity index (χ0v) is 21.6. The van der Waals surface area contributed by atoms with Gasteiger partial charge in [-0.25, -0.2) is 0 Å². The zero-order valence-electron chi connectivity index (χ0n) is 20.0. The van der Waals surface area contributed by atoms with Gasteiger partial charge in [0.15, 0.2) is 6.61 Å². The van der Waals surface area contributed by atoms with Crippen molar-refractivity contribution in [1.29, 1.82) is 0 Å². The zero-order chi connectivity index (χ0) is 25.2. The van der Waals surface area contributed by atoms with Crippen molar-refractivity contribution in [2.24, 2.45) is 0 Å². The summed E-state index contributed by atoms with van der Waals surface area (Å²) in [6.07, 6.45) is 0.368. The van der Waals surface area contributed by atoms with Crippen molar-refractivity contribution in [3.8, 4) is 17.2 Å². The number of methoxy groups -OCH3 is 2. The number of ether oxygens (including phenoxy) is 3. The van der Waals surface area contributed by atoms with E-state index in [1.54, 1.807) is 44.4 Å². The number of carbonyl (C=O) groups is 2. The number of benzene rings is 3. The van der Waals surface area contributed by atoms with E-state index in [0.717, 1.165) is 15.6 Å². The first-order valence-electron chi connectivity index (χ1n) is 11.1. The van der Waals surface area contributed by atoms with Crippen LogP contribution in [0.2, 0.25) is 0 Å². The predicted molar refractivity (Wildman–Crippen MR) is 138 cm³/mol. The number of carbonyl (C=O) groups excluding carboxylic acids is 2. The first-order chi connectivity index (χ1) is 16.9. The predicted octanol–water partition coefficient (Wildman–Crippen LogP) is 4.23. The van der Waals surface area contributed by atoms with Gasteiger partial charge in [0.05, 0.1) is 14.2 Å². The molecule has 0 radical (unpaired) electrons. The number of amides is 2. The molecule has 0 aliphatic rings. The molecule has 7 nitrogen and oxygen atoms in total. The Balaban J connectivity index is 1.88. The van der Waals surface area contributed by atoms with Gasteiger partial charge < -0.3 is 24.4 Å². The molecule has 0 aliphatic heterocycles. The van der Waals surface area contributed by atoms with Crippen molar-refractivity contribution < 1.29 is 23.8 Å². The Morgan fingerprint density at radius 1 is 0.886 bits per heavy atom. The van der Waals surface area contributed by atoms with Gasteiger partial charge in [-0.15, -0.1) is 0 Å². The molecule has 0 aromatic heterocycles. The number of nitrogens with one attached hydrogen (secondary N) is 1. The third kappa shape index (κ3) is 7.48. The Labute approximate surface area is 214 Å². The van der Waals surface area contributed by atoms with Gasteiger partial charge in [-0.3, -0.25) is 9.59 Å². The quantitative estimate of drug-likeness (QED) is 0.393. The van der Waals surface area contributed by atoms with Crippen molar-refractivity contribution >= 4 is 27.7 Å². The van der Waals surface area contributed by atoms with Crippen LogP contribution >= 0.6 is 15.9 Å². The molecule has 1 N–H and O–H groups in total. The summed E-state index contributed by atoms with van der Waals surface area (Å²) in [7, 11) is 4.66. The molecule has 0 saturated carbocycles. The molecule has 0 aliphatic carbocycles. The van der Waals surface area contributed by atoms with Crippen LogP contribution in [-0.2, 0) is 22.6 Å². The summed E-state index contributed by atoms with van der Waals surface area (Å²) < 4.78 is 17.3. The van der Waals surface area contributed by atoms with Crippen molar-refractivity contribution in [3.05, 3.63) is 88.4 Å². The largest absolute Gasteiger partial charge is 0.496 e. The van der Waals surface area contributed by atoms with E-state index in [4.69, 9.17) is 14.2 Å². The molecule has 3 aromatic carbocycles. The molecule has 35 heavy (non-hydrogen) atoms. The van der Waals surface area contributed by atoms with Gasteiger partial charge in [-0.1, -0.05) is 58.4 Å². The van der Waals surface area contributed by atoms with Crippen LogP contribution in [-0.4, -0.2) is 50.6 Å². The number of halogens is 1. The summed E-state index contributed by atoms with van der Waals surface area (Å²) in [4.78, 5) is 28.0. The van der Waals surface area contributed by atoms with E-state index in [1.165, 1.54) is 0 Å². The lowest BCUT2D eigenvalue weighted by Crippen LogP contribution is -2.51. The molecule has 1 atom stereocenters. The smallest absolute Gasteiger partial charge is 0.261 e. The van der Waals surface area contributed by atoms with E-state index in [1.807, 2.05) is 54.6 Å². The summed E-state index contributed by atoms with van der Waals surface area (Å²) in [5, 5.41) is 2.71. The summed E-state index contributed by atoms with van der Waals surface area (Å²) in [5.41, 5.74) is 1.84. The van der Waals surface area contributed by atoms with Crippen LogP contribution in [0.25, 0.3) is 0 Å². The van der Waals surface area contributed by atoms with Crippen molar-refractivity contribution in [2.45, 2.75) is 19.0 Å². The van der Waals surface area contributed by atoms with Crippen molar-refractivity contribution in [1.82, 2.24) is 10.2 Å².